The SMILES string of the molecule is C[C@H](c1ccc(F)cc1)N1C(=O)O[C@](Cc2ccccc2)(c2nc3ccc(-c4cn[nH]c4)cc3[nH]2)C1=O. The van der Waals surface area contributed by atoms with Gasteiger partial charge in [-0.3, -0.25) is 9.89 Å². The van der Waals surface area contributed by atoms with Gasteiger partial charge in [-0.05, 0) is 47.9 Å². The number of imide groups is 1. The van der Waals surface area contributed by atoms with Gasteiger partial charge in [0.2, 0.25) is 0 Å². The second-order valence-electron chi connectivity index (χ2n) is 9.06. The molecular weight excluding hydrogens is 473 g/mol. The number of halogens is 1. The van der Waals surface area contributed by atoms with Crippen molar-refractivity contribution in [2.75, 3.05) is 0 Å². The summed E-state index contributed by atoms with van der Waals surface area (Å²) in [6.07, 6.45) is 2.82. The Kier molecular flexibility index (Phi) is 5.33. The largest absolute Gasteiger partial charge is 0.424 e. The van der Waals surface area contributed by atoms with Crippen molar-refractivity contribution < 1.29 is 18.7 Å². The lowest BCUT2D eigenvalue weighted by molar-refractivity contribution is -0.139. The van der Waals surface area contributed by atoms with Crippen LogP contribution < -0.4 is 0 Å². The van der Waals surface area contributed by atoms with E-state index in [9.17, 15) is 14.0 Å². The Hall–Kier alpha value is -4.79. The average Bonchev–Trinajstić information content (AvgIpc) is 3.63. The van der Waals surface area contributed by atoms with Gasteiger partial charge in [0.05, 0.1) is 23.3 Å². The summed E-state index contributed by atoms with van der Waals surface area (Å²) in [5.41, 5.74) is 2.85. The molecule has 2 amide bonds. The van der Waals surface area contributed by atoms with Crippen LogP contribution >= 0.6 is 0 Å². The van der Waals surface area contributed by atoms with Crippen molar-refractivity contribution in [1.29, 1.82) is 0 Å². The number of H-pyrrole nitrogens is 2. The zero-order valence-corrected chi connectivity index (χ0v) is 19.8. The maximum atomic E-state index is 14.1. The molecule has 0 radical (unpaired) electrons. The Labute approximate surface area is 211 Å². The van der Waals surface area contributed by atoms with Crippen LogP contribution in [0.4, 0.5) is 9.18 Å². The first kappa shape index (κ1) is 22.7. The van der Waals surface area contributed by atoms with E-state index < -0.39 is 29.5 Å². The lowest BCUT2D eigenvalue weighted by Gasteiger charge is -2.25. The molecule has 6 rings (SSSR count). The standard InChI is InChI=1S/C28H22FN5O3/c1-17(19-7-10-22(29)11-8-19)34-26(35)28(37-27(34)36,14-18-5-3-2-4-6-18)25-32-23-12-9-20(13-24(23)33-25)21-15-30-31-16-21/h2-13,15-17H,14H2,1H3,(H,30,31)(H,32,33)/t17-,28-/m1/s1. The zero-order valence-electron chi connectivity index (χ0n) is 19.8. The molecule has 2 atom stereocenters. The van der Waals surface area contributed by atoms with Crippen LogP contribution in [0.15, 0.2) is 85.2 Å². The molecule has 5 aromatic rings. The molecule has 1 aliphatic rings. The summed E-state index contributed by atoms with van der Waals surface area (Å²) in [5.74, 6) is -0.697. The summed E-state index contributed by atoms with van der Waals surface area (Å²) in [6.45, 7) is 1.71. The lowest BCUT2D eigenvalue weighted by Crippen LogP contribution is -2.42. The molecule has 37 heavy (non-hydrogen) atoms. The fourth-order valence-corrected chi connectivity index (χ4v) is 4.76. The highest BCUT2D eigenvalue weighted by atomic mass is 19.1. The predicted octanol–water partition coefficient (Wildman–Crippen LogP) is 5.27. The molecule has 3 heterocycles. The Morgan fingerprint density at radius 1 is 1.03 bits per heavy atom. The maximum absolute atomic E-state index is 14.1. The van der Waals surface area contributed by atoms with Crippen molar-refractivity contribution in [3.63, 3.8) is 0 Å². The first-order valence-corrected chi connectivity index (χ1v) is 11.8. The highest BCUT2D eigenvalue weighted by Gasteiger charge is 2.58. The van der Waals surface area contributed by atoms with Gasteiger partial charge in [-0.25, -0.2) is 19.1 Å². The molecular formula is C28H22FN5O3. The molecule has 0 saturated carbocycles. The molecule has 3 aromatic carbocycles. The topological polar surface area (TPSA) is 104 Å². The number of amides is 2. The van der Waals surface area contributed by atoms with E-state index in [1.165, 1.54) is 12.1 Å². The molecule has 8 nitrogen and oxygen atoms in total. The van der Waals surface area contributed by atoms with E-state index in [1.807, 2.05) is 48.5 Å². The minimum absolute atomic E-state index is 0.0967. The monoisotopic (exact) mass is 495 g/mol. The van der Waals surface area contributed by atoms with Gasteiger partial charge >= 0.3 is 6.09 Å². The number of hydrogen-bond donors (Lipinski definition) is 2. The van der Waals surface area contributed by atoms with Crippen LogP contribution in [0.1, 0.15) is 29.9 Å². The average molecular weight is 496 g/mol. The third kappa shape index (κ3) is 3.85. The number of cyclic esters (lactones) is 1. The second kappa shape index (κ2) is 8.70. The fourth-order valence-electron chi connectivity index (χ4n) is 4.76. The molecule has 184 valence electrons. The van der Waals surface area contributed by atoms with Crippen LogP contribution in [-0.2, 0) is 21.6 Å². The number of imidazole rings is 1. The number of hydrogen-bond acceptors (Lipinski definition) is 5. The van der Waals surface area contributed by atoms with Gasteiger partial charge in [-0.1, -0.05) is 48.5 Å². The van der Waals surface area contributed by atoms with Crippen LogP contribution in [0.5, 0.6) is 0 Å². The first-order valence-electron chi connectivity index (χ1n) is 11.8. The first-order chi connectivity index (χ1) is 17.9. The molecule has 0 bridgehead atoms. The molecule has 1 saturated heterocycles. The number of aromatic nitrogens is 4. The number of carbonyl (C=O) groups excluding carboxylic acids is 2. The van der Waals surface area contributed by atoms with Crippen LogP contribution in [0, 0.1) is 5.82 Å². The minimum atomic E-state index is -1.69. The van der Waals surface area contributed by atoms with Gasteiger partial charge in [-0.15, -0.1) is 0 Å². The second-order valence-corrected chi connectivity index (χ2v) is 9.06. The normalized spacial score (nSPS) is 18.4. The molecule has 0 unspecified atom stereocenters. The Bertz CT molecular complexity index is 1600. The summed E-state index contributed by atoms with van der Waals surface area (Å²) in [4.78, 5) is 36.3. The molecule has 0 aliphatic carbocycles. The molecule has 1 aliphatic heterocycles. The van der Waals surface area contributed by atoms with Crippen LogP contribution in [0.2, 0.25) is 0 Å². The van der Waals surface area contributed by atoms with Crippen molar-refractivity contribution in [3.05, 3.63) is 108 Å². The Morgan fingerprint density at radius 3 is 2.54 bits per heavy atom. The maximum Gasteiger partial charge on any atom is 0.418 e. The summed E-state index contributed by atoms with van der Waals surface area (Å²) in [6, 6.07) is 20.0. The number of nitrogens with one attached hydrogen (secondary N) is 2. The van der Waals surface area contributed by atoms with Gasteiger partial charge in [-0.2, -0.15) is 5.10 Å². The van der Waals surface area contributed by atoms with E-state index >= 15 is 0 Å². The fraction of sp³-hybridized carbons (Fsp3) is 0.143. The Morgan fingerprint density at radius 2 is 1.81 bits per heavy atom. The van der Waals surface area contributed by atoms with Gasteiger partial charge in [0, 0.05) is 18.2 Å². The van der Waals surface area contributed by atoms with Gasteiger partial charge in [0.25, 0.3) is 11.5 Å². The van der Waals surface area contributed by atoms with E-state index in [-0.39, 0.29) is 12.2 Å². The molecule has 2 aromatic heterocycles. The van der Waals surface area contributed by atoms with Crippen molar-refractivity contribution in [2.45, 2.75) is 25.0 Å². The van der Waals surface area contributed by atoms with E-state index in [2.05, 4.69) is 15.2 Å². The number of rotatable bonds is 6. The molecule has 1 fully saturated rings. The quantitative estimate of drug-likeness (QED) is 0.334. The van der Waals surface area contributed by atoms with E-state index in [0.717, 1.165) is 21.6 Å². The van der Waals surface area contributed by atoms with Crippen molar-refractivity contribution in [3.8, 4) is 11.1 Å². The summed E-state index contributed by atoms with van der Waals surface area (Å²) >= 11 is 0. The highest BCUT2D eigenvalue weighted by Crippen LogP contribution is 2.41. The Balaban J connectivity index is 1.45. The summed E-state index contributed by atoms with van der Waals surface area (Å²) in [5, 5.41) is 6.80. The third-order valence-electron chi connectivity index (χ3n) is 6.75. The number of fused-ring (bicyclic) bond motifs is 1. The van der Waals surface area contributed by atoms with Crippen molar-refractivity contribution in [2.24, 2.45) is 0 Å². The van der Waals surface area contributed by atoms with Crippen molar-refractivity contribution in [1.82, 2.24) is 25.1 Å². The molecule has 9 heteroatoms. The molecule has 2 N–H and O–H groups in total. The number of carbonyl (C=O) groups is 2. The number of nitrogens with zero attached hydrogens (tertiary/aromatic N) is 3. The molecule has 0 spiro atoms. The van der Waals surface area contributed by atoms with Crippen LogP contribution in [0.3, 0.4) is 0 Å². The lowest BCUT2D eigenvalue weighted by atomic mass is 9.92. The zero-order chi connectivity index (χ0) is 25.6. The third-order valence-corrected chi connectivity index (χ3v) is 6.75. The van der Waals surface area contributed by atoms with Crippen LogP contribution in [-0.4, -0.2) is 37.1 Å². The number of ether oxygens (including phenoxy) is 1. The summed E-state index contributed by atoms with van der Waals surface area (Å²) < 4.78 is 19.4. The number of aromatic amines is 2. The van der Waals surface area contributed by atoms with Gasteiger partial charge in [0.15, 0.2) is 5.82 Å². The van der Waals surface area contributed by atoms with E-state index in [0.29, 0.717) is 16.6 Å². The van der Waals surface area contributed by atoms with E-state index in [1.54, 1.807) is 31.5 Å². The minimum Gasteiger partial charge on any atom is -0.424 e. The van der Waals surface area contributed by atoms with Gasteiger partial charge < -0.3 is 9.72 Å². The van der Waals surface area contributed by atoms with E-state index in [4.69, 9.17) is 9.72 Å². The van der Waals surface area contributed by atoms with Crippen molar-refractivity contribution >= 4 is 23.0 Å². The smallest absolute Gasteiger partial charge is 0.418 e. The highest BCUT2D eigenvalue weighted by molar-refractivity contribution is 6.04. The number of benzene rings is 3. The van der Waals surface area contributed by atoms with Gasteiger partial charge in [0.1, 0.15) is 5.82 Å². The predicted molar refractivity (Wildman–Crippen MR) is 134 cm³/mol. The van der Waals surface area contributed by atoms with Crippen LogP contribution in [0.25, 0.3) is 22.2 Å². The summed E-state index contributed by atoms with van der Waals surface area (Å²) in [7, 11) is 0.